The molecule has 2 atom stereocenters. The van der Waals surface area contributed by atoms with Crippen LogP contribution in [0.1, 0.15) is 11.1 Å². The molecule has 1 aliphatic carbocycles. The summed E-state index contributed by atoms with van der Waals surface area (Å²) < 4.78 is 41.0. The summed E-state index contributed by atoms with van der Waals surface area (Å²) in [5.74, 6) is 0. The van der Waals surface area contributed by atoms with Gasteiger partial charge in [0.2, 0.25) is 0 Å². The molecule has 0 saturated heterocycles. The summed E-state index contributed by atoms with van der Waals surface area (Å²) >= 11 is -4.93. The third-order valence-corrected chi connectivity index (χ3v) is 5.05. The highest BCUT2D eigenvalue weighted by atomic mass is 32.2. The van der Waals surface area contributed by atoms with Gasteiger partial charge in [-0.3, -0.25) is 20.2 Å². The maximum Gasteiger partial charge on any atom is 0.279 e. The van der Waals surface area contributed by atoms with Crippen LogP contribution in [0.25, 0.3) is 11.1 Å². The summed E-state index contributed by atoms with van der Waals surface area (Å²) in [5, 5.41) is 22.7. The molecular formula is C13H8N2O8S2. The molecule has 2 aromatic rings. The standard InChI is InChI=1S/C13H8N2O8S2/c16-14(17)10-4-8(24(20)21)2-6-1-7-3-9(25(22)23)5-11(15(18)19)13(7)12(6)10/h2-5H,1H2,(H,20,21)(H,22,23). The average molecular weight is 384 g/mol. The lowest BCUT2D eigenvalue weighted by Gasteiger charge is -2.06. The van der Waals surface area contributed by atoms with Crippen molar-refractivity contribution in [1.82, 2.24) is 0 Å². The molecule has 0 saturated carbocycles. The Labute approximate surface area is 144 Å². The molecule has 0 aromatic heterocycles. The monoisotopic (exact) mass is 384 g/mol. The summed E-state index contributed by atoms with van der Waals surface area (Å²) in [5.41, 5.74) is -0.562. The number of nitrogens with zero attached hydrogens (tertiary/aromatic N) is 2. The van der Waals surface area contributed by atoms with E-state index >= 15 is 0 Å². The van der Waals surface area contributed by atoms with Crippen molar-refractivity contribution in [3.05, 3.63) is 55.6 Å². The summed E-state index contributed by atoms with van der Waals surface area (Å²) in [6, 6.07) is 4.31. The van der Waals surface area contributed by atoms with Crippen LogP contribution in [0, 0.1) is 20.2 Å². The Kier molecular flexibility index (Phi) is 4.20. The third kappa shape index (κ3) is 2.84. The van der Waals surface area contributed by atoms with Gasteiger partial charge < -0.3 is 9.11 Å². The van der Waals surface area contributed by atoms with E-state index in [0.29, 0.717) is 0 Å². The smallest absolute Gasteiger partial charge is 0.279 e. The van der Waals surface area contributed by atoms with E-state index in [2.05, 4.69) is 0 Å². The van der Waals surface area contributed by atoms with Crippen LogP contribution in [0.5, 0.6) is 0 Å². The molecule has 130 valence electrons. The molecule has 10 nitrogen and oxygen atoms in total. The highest BCUT2D eigenvalue weighted by Crippen LogP contribution is 2.48. The van der Waals surface area contributed by atoms with E-state index in [-0.39, 0.29) is 38.5 Å². The van der Waals surface area contributed by atoms with Crippen molar-refractivity contribution in [3.8, 4) is 11.1 Å². The molecule has 0 amide bonds. The van der Waals surface area contributed by atoms with Crippen molar-refractivity contribution in [2.24, 2.45) is 0 Å². The van der Waals surface area contributed by atoms with E-state index < -0.39 is 43.4 Å². The lowest BCUT2D eigenvalue weighted by Crippen LogP contribution is -2.00. The van der Waals surface area contributed by atoms with Gasteiger partial charge in [-0.2, -0.15) is 0 Å². The minimum absolute atomic E-state index is 0.00241. The third-order valence-electron chi connectivity index (χ3n) is 3.77. The fourth-order valence-corrected chi connectivity index (χ4v) is 3.78. The molecule has 1 aliphatic rings. The van der Waals surface area contributed by atoms with E-state index in [9.17, 15) is 37.8 Å². The summed E-state index contributed by atoms with van der Waals surface area (Å²) in [6.45, 7) is 0. The van der Waals surface area contributed by atoms with Crippen molar-refractivity contribution in [2.75, 3.05) is 0 Å². The molecule has 0 spiro atoms. The number of hydrogen-bond donors (Lipinski definition) is 2. The van der Waals surface area contributed by atoms with Gasteiger partial charge in [0.1, 0.15) is 0 Å². The van der Waals surface area contributed by atoms with E-state index in [4.69, 9.17) is 0 Å². The largest absolute Gasteiger partial charge is 0.302 e. The molecule has 3 rings (SSSR count). The van der Waals surface area contributed by atoms with Crippen LogP contribution < -0.4 is 0 Å². The fraction of sp³-hybridized carbons (Fsp3) is 0.0769. The van der Waals surface area contributed by atoms with E-state index in [1.165, 1.54) is 12.1 Å². The lowest BCUT2D eigenvalue weighted by atomic mass is 10.0. The number of hydrogen-bond acceptors (Lipinski definition) is 6. The lowest BCUT2D eigenvalue weighted by molar-refractivity contribution is -0.386. The van der Waals surface area contributed by atoms with Crippen LogP contribution in [0.3, 0.4) is 0 Å². The Morgan fingerprint density at radius 3 is 1.44 bits per heavy atom. The zero-order valence-corrected chi connectivity index (χ0v) is 13.7. The summed E-state index contributed by atoms with van der Waals surface area (Å²) in [4.78, 5) is 20.8. The van der Waals surface area contributed by atoms with Gasteiger partial charge in [0.05, 0.1) is 30.8 Å². The highest BCUT2D eigenvalue weighted by molar-refractivity contribution is 7.79. The minimum atomic E-state index is -2.47. The molecule has 0 fully saturated rings. The molecule has 2 unspecified atom stereocenters. The molecule has 25 heavy (non-hydrogen) atoms. The van der Waals surface area contributed by atoms with Gasteiger partial charge >= 0.3 is 0 Å². The van der Waals surface area contributed by atoms with Gasteiger partial charge in [-0.1, -0.05) is 0 Å². The number of nitro groups is 2. The maximum absolute atomic E-state index is 11.4. The number of rotatable bonds is 4. The molecule has 12 heteroatoms. The zero-order valence-electron chi connectivity index (χ0n) is 12.1. The topological polar surface area (TPSA) is 161 Å². The zero-order chi connectivity index (χ0) is 18.5. The van der Waals surface area contributed by atoms with Crippen LogP contribution in [0.2, 0.25) is 0 Å². The minimum Gasteiger partial charge on any atom is -0.302 e. The first kappa shape index (κ1) is 17.3. The molecular weight excluding hydrogens is 376 g/mol. The van der Waals surface area contributed by atoms with Crippen molar-refractivity contribution in [3.63, 3.8) is 0 Å². The summed E-state index contributed by atoms with van der Waals surface area (Å²) in [7, 11) is 0. The van der Waals surface area contributed by atoms with E-state index in [0.717, 1.165) is 12.1 Å². The first-order chi connectivity index (χ1) is 11.7. The maximum atomic E-state index is 11.4. The summed E-state index contributed by atoms with van der Waals surface area (Å²) in [6.07, 6.45) is 0.00241. The fourth-order valence-electron chi connectivity index (χ4n) is 2.86. The van der Waals surface area contributed by atoms with Crippen molar-refractivity contribution >= 4 is 33.5 Å². The average Bonchev–Trinajstić information content (AvgIpc) is 2.90. The quantitative estimate of drug-likeness (QED) is 0.393. The molecule has 0 radical (unpaired) electrons. The Hall–Kier alpha value is -2.54. The van der Waals surface area contributed by atoms with Gasteiger partial charge in [-0.05, 0) is 29.7 Å². The number of benzene rings is 2. The van der Waals surface area contributed by atoms with Crippen LogP contribution >= 0.6 is 0 Å². The second-order valence-corrected chi connectivity index (χ2v) is 7.08. The molecule has 0 aliphatic heterocycles. The van der Waals surface area contributed by atoms with Crippen molar-refractivity contribution < 1.29 is 27.4 Å². The first-order valence-corrected chi connectivity index (χ1v) is 8.76. The van der Waals surface area contributed by atoms with Gasteiger partial charge in [-0.15, -0.1) is 0 Å². The molecule has 0 bridgehead atoms. The van der Waals surface area contributed by atoms with Gasteiger partial charge in [-0.25, -0.2) is 8.42 Å². The van der Waals surface area contributed by atoms with Crippen LogP contribution in [-0.2, 0) is 28.6 Å². The van der Waals surface area contributed by atoms with Gasteiger partial charge in [0.25, 0.3) is 11.4 Å². The van der Waals surface area contributed by atoms with Crippen LogP contribution in [0.15, 0.2) is 34.1 Å². The number of nitro benzene ring substituents is 2. The SMILES string of the molecule is O=[N+]([O-])c1cc(S(=O)O)cc2c1-c1c(cc(S(=O)O)cc1[N+](=O)[O-])C2. The molecule has 0 heterocycles. The Balaban J connectivity index is 2.39. The normalized spacial score (nSPS) is 14.5. The first-order valence-electron chi connectivity index (χ1n) is 6.55. The predicted octanol–water partition coefficient (Wildman–Crippen LogP) is 2.24. The number of fused-ring (bicyclic) bond motifs is 3. The molecule has 2 aromatic carbocycles. The predicted molar refractivity (Wildman–Crippen MR) is 86.1 cm³/mol. The Morgan fingerprint density at radius 2 is 1.16 bits per heavy atom. The van der Waals surface area contributed by atoms with Gasteiger partial charge in [0.15, 0.2) is 22.2 Å². The highest BCUT2D eigenvalue weighted by Gasteiger charge is 2.35. The van der Waals surface area contributed by atoms with Crippen LogP contribution in [0.4, 0.5) is 11.4 Å². The second kappa shape index (κ2) is 6.07. The van der Waals surface area contributed by atoms with E-state index in [1.54, 1.807) is 0 Å². The van der Waals surface area contributed by atoms with Crippen molar-refractivity contribution in [2.45, 2.75) is 16.2 Å². The van der Waals surface area contributed by atoms with Gasteiger partial charge in [0, 0.05) is 12.1 Å². The Morgan fingerprint density at radius 1 is 0.800 bits per heavy atom. The second-order valence-electron chi connectivity index (χ2n) is 5.14. The molecule has 2 N–H and O–H groups in total. The Bertz CT molecular complexity index is 925. The van der Waals surface area contributed by atoms with E-state index in [1.807, 2.05) is 0 Å². The van der Waals surface area contributed by atoms with Crippen LogP contribution in [-0.4, -0.2) is 27.4 Å². The van der Waals surface area contributed by atoms with Crippen molar-refractivity contribution in [1.29, 1.82) is 0 Å².